The van der Waals surface area contributed by atoms with Crippen molar-refractivity contribution in [2.75, 3.05) is 26.9 Å². The Labute approximate surface area is 112 Å². The van der Waals surface area contributed by atoms with Crippen LogP contribution in [0.25, 0.3) is 0 Å². The van der Waals surface area contributed by atoms with Gasteiger partial charge in [0.25, 0.3) is 0 Å². The summed E-state index contributed by atoms with van der Waals surface area (Å²) in [6, 6.07) is 3.20. The molecule has 1 aromatic rings. The first-order valence-electron chi connectivity index (χ1n) is 6.69. The zero-order chi connectivity index (χ0) is 13.5. The van der Waals surface area contributed by atoms with Crippen LogP contribution in [-0.2, 0) is 19.6 Å². The molecule has 0 amide bonds. The lowest BCUT2D eigenvalue weighted by Crippen LogP contribution is -2.43. The van der Waals surface area contributed by atoms with Gasteiger partial charge in [-0.2, -0.15) is 0 Å². The minimum Gasteiger partial charge on any atom is -0.381 e. The fraction of sp³-hybridized carbons (Fsp3) is 0.600. The average molecular weight is 266 g/mol. The van der Waals surface area contributed by atoms with Crippen molar-refractivity contribution >= 4 is 0 Å². The Morgan fingerprint density at radius 3 is 2.74 bits per heavy atom. The highest BCUT2D eigenvalue weighted by Gasteiger charge is 2.43. The van der Waals surface area contributed by atoms with E-state index in [1.54, 1.807) is 19.2 Å². The molecule has 0 radical (unpaired) electrons. The fourth-order valence-corrected chi connectivity index (χ4v) is 3.26. The third-order valence-corrected chi connectivity index (χ3v) is 4.33. The zero-order valence-electron chi connectivity index (χ0n) is 11.4. The van der Waals surface area contributed by atoms with Crippen LogP contribution in [0, 0.1) is 12.7 Å². The van der Waals surface area contributed by atoms with E-state index in [4.69, 9.17) is 14.2 Å². The molecule has 1 aromatic carbocycles. The first-order chi connectivity index (χ1) is 9.16. The van der Waals surface area contributed by atoms with Crippen LogP contribution >= 0.6 is 0 Å². The Morgan fingerprint density at radius 1 is 1.32 bits per heavy atom. The van der Waals surface area contributed by atoms with Crippen LogP contribution in [0.2, 0.25) is 0 Å². The van der Waals surface area contributed by atoms with Gasteiger partial charge in [-0.25, -0.2) is 4.39 Å². The van der Waals surface area contributed by atoms with E-state index in [0.29, 0.717) is 19.8 Å². The van der Waals surface area contributed by atoms with Crippen molar-refractivity contribution in [2.24, 2.45) is 0 Å². The third-order valence-electron chi connectivity index (χ3n) is 4.33. The van der Waals surface area contributed by atoms with Gasteiger partial charge < -0.3 is 14.2 Å². The van der Waals surface area contributed by atoms with Gasteiger partial charge in [-0.3, -0.25) is 0 Å². The summed E-state index contributed by atoms with van der Waals surface area (Å²) in [7, 11) is 1.62. The van der Waals surface area contributed by atoms with Gasteiger partial charge in [0.1, 0.15) is 5.82 Å². The van der Waals surface area contributed by atoms with Crippen LogP contribution < -0.4 is 0 Å². The van der Waals surface area contributed by atoms with E-state index in [2.05, 4.69) is 0 Å². The molecule has 0 N–H and O–H groups in total. The molecule has 0 aliphatic carbocycles. The van der Waals surface area contributed by atoms with Crippen molar-refractivity contribution in [1.29, 1.82) is 0 Å². The molecular weight excluding hydrogens is 247 g/mol. The second-order valence-corrected chi connectivity index (χ2v) is 5.46. The first-order valence-corrected chi connectivity index (χ1v) is 6.69. The Kier molecular flexibility index (Phi) is 3.33. The summed E-state index contributed by atoms with van der Waals surface area (Å²) in [6.45, 7) is 3.90. The smallest absolute Gasteiger partial charge is 0.184 e. The molecule has 104 valence electrons. The second-order valence-electron chi connectivity index (χ2n) is 5.46. The molecule has 0 aromatic heterocycles. The molecule has 3 nitrogen and oxygen atoms in total. The van der Waals surface area contributed by atoms with Crippen molar-refractivity contribution in [3.63, 3.8) is 0 Å². The van der Waals surface area contributed by atoms with Gasteiger partial charge in [0.05, 0.1) is 6.61 Å². The summed E-state index contributed by atoms with van der Waals surface area (Å²) < 4.78 is 30.5. The van der Waals surface area contributed by atoms with Gasteiger partial charge in [-0.05, 0) is 43.0 Å². The van der Waals surface area contributed by atoms with Crippen LogP contribution in [-0.4, -0.2) is 26.9 Å². The van der Waals surface area contributed by atoms with Gasteiger partial charge in [-0.1, -0.05) is 0 Å². The van der Waals surface area contributed by atoms with E-state index in [-0.39, 0.29) is 17.5 Å². The van der Waals surface area contributed by atoms with Crippen LogP contribution in [0.15, 0.2) is 12.1 Å². The highest BCUT2D eigenvalue weighted by molar-refractivity contribution is 5.43. The molecule has 3 rings (SSSR count). The van der Waals surface area contributed by atoms with Crippen molar-refractivity contribution in [3.05, 3.63) is 34.6 Å². The van der Waals surface area contributed by atoms with E-state index in [1.807, 2.05) is 6.92 Å². The summed E-state index contributed by atoms with van der Waals surface area (Å²) in [4.78, 5) is 0. The SMILES string of the molecule is CO[C@H]1OCC2(CCOCC2)c2cc(F)cc(C)c21. The zero-order valence-corrected chi connectivity index (χ0v) is 11.4. The van der Waals surface area contributed by atoms with E-state index in [9.17, 15) is 4.39 Å². The summed E-state index contributed by atoms with van der Waals surface area (Å²) in [6.07, 6.45) is 1.36. The number of aryl methyl sites for hydroxylation is 1. The number of ether oxygens (including phenoxy) is 3. The summed E-state index contributed by atoms with van der Waals surface area (Å²) in [5.74, 6) is -0.182. The van der Waals surface area contributed by atoms with Gasteiger partial charge in [0.15, 0.2) is 6.29 Å². The topological polar surface area (TPSA) is 27.7 Å². The van der Waals surface area contributed by atoms with E-state index < -0.39 is 0 Å². The van der Waals surface area contributed by atoms with Gasteiger partial charge in [0, 0.05) is 31.3 Å². The molecular formula is C15H19FO3. The van der Waals surface area contributed by atoms with Gasteiger partial charge >= 0.3 is 0 Å². The standard InChI is InChI=1S/C15H19FO3/c1-10-7-11(16)8-12-13(10)14(17-2)19-9-15(12)3-5-18-6-4-15/h7-8,14H,3-6,9H2,1-2H3/t14-/m0/s1. The minimum atomic E-state index is -0.385. The van der Waals surface area contributed by atoms with Crippen molar-refractivity contribution in [2.45, 2.75) is 31.5 Å². The second kappa shape index (κ2) is 4.85. The predicted molar refractivity (Wildman–Crippen MR) is 68.6 cm³/mol. The maximum Gasteiger partial charge on any atom is 0.184 e. The van der Waals surface area contributed by atoms with Crippen molar-refractivity contribution in [1.82, 2.24) is 0 Å². The average Bonchev–Trinajstić information content (AvgIpc) is 2.41. The summed E-state index contributed by atoms with van der Waals surface area (Å²) in [5.41, 5.74) is 2.83. The molecule has 2 heterocycles. The molecule has 2 aliphatic rings. The Morgan fingerprint density at radius 2 is 2.05 bits per heavy atom. The quantitative estimate of drug-likeness (QED) is 0.782. The van der Waals surface area contributed by atoms with Crippen LogP contribution in [0.1, 0.15) is 35.8 Å². The highest BCUT2D eigenvalue weighted by atomic mass is 19.1. The molecule has 1 spiro atoms. The van der Waals surface area contributed by atoms with Gasteiger partial charge in [0.2, 0.25) is 0 Å². The molecule has 19 heavy (non-hydrogen) atoms. The number of hydrogen-bond donors (Lipinski definition) is 0. The monoisotopic (exact) mass is 266 g/mol. The van der Waals surface area contributed by atoms with Crippen LogP contribution in [0.5, 0.6) is 0 Å². The number of fused-ring (bicyclic) bond motifs is 2. The predicted octanol–water partition coefficient (Wildman–Crippen LogP) is 2.86. The number of halogens is 1. The first kappa shape index (κ1) is 13.0. The minimum absolute atomic E-state index is 0.116. The molecule has 1 atom stereocenters. The number of methoxy groups -OCH3 is 1. The third kappa shape index (κ3) is 2.08. The number of benzene rings is 1. The Balaban J connectivity index is 2.14. The van der Waals surface area contributed by atoms with Crippen molar-refractivity contribution in [3.8, 4) is 0 Å². The maximum absolute atomic E-state index is 13.8. The molecule has 1 saturated heterocycles. The van der Waals surface area contributed by atoms with Crippen LogP contribution in [0.4, 0.5) is 4.39 Å². The normalized spacial score (nSPS) is 25.3. The largest absolute Gasteiger partial charge is 0.381 e. The number of rotatable bonds is 1. The lowest BCUT2D eigenvalue weighted by atomic mass is 9.71. The Bertz CT molecular complexity index is 481. The number of hydrogen-bond acceptors (Lipinski definition) is 3. The lowest BCUT2D eigenvalue weighted by Gasteiger charge is -2.44. The summed E-state index contributed by atoms with van der Waals surface area (Å²) >= 11 is 0. The molecule has 2 aliphatic heterocycles. The lowest BCUT2D eigenvalue weighted by molar-refractivity contribution is -0.161. The summed E-state index contributed by atoms with van der Waals surface area (Å²) in [5, 5.41) is 0. The van der Waals surface area contributed by atoms with Crippen molar-refractivity contribution < 1.29 is 18.6 Å². The van der Waals surface area contributed by atoms with E-state index >= 15 is 0 Å². The van der Waals surface area contributed by atoms with Gasteiger partial charge in [-0.15, -0.1) is 0 Å². The van der Waals surface area contributed by atoms with E-state index in [0.717, 1.165) is 29.5 Å². The molecule has 0 bridgehead atoms. The molecule has 1 fully saturated rings. The van der Waals surface area contributed by atoms with Crippen LogP contribution in [0.3, 0.4) is 0 Å². The molecule has 4 heteroatoms. The van der Waals surface area contributed by atoms with E-state index in [1.165, 1.54) is 0 Å². The fourth-order valence-electron chi connectivity index (χ4n) is 3.26. The molecule has 0 saturated carbocycles. The molecule has 0 unspecified atom stereocenters. The highest BCUT2D eigenvalue weighted by Crippen LogP contribution is 2.45. The maximum atomic E-state index is 13.8. The Hall–Kier alpha value is -0.970.